The second kappa shape index (κ2) is 5.90. The van der Waals surface area contributed by atoms with Crippen LogP contribution in [0.1, 0.15) is 34.1 Å². The van der Waals surface area contributed by atoms with E-state index in [-0.39, 0.29) is 0 Å². The molecule has 1 aromatic carbocycles. The minimum absolute atomic E-state index is 0.374. The average molecular weight is 222 g/mol. The van der Waals surface area contributed by atoms with Crippen LogP contribution in [0.2, 0.25) is 0 Å². The number of hydrogen-bond acceptors (Lipinski definition) is 4. The molecule has 0 fully saturated rings. The van der Waals surface area contributed by atoms with E-state index in [0.29, 0.717) is 41.8 Å². The topological polar surface area (TPSA) is 52.6 Å². The Morgan fingerprint density at radius 1 is 1.12 bits per heavy atom. The van der Waals surface area contributed by atoms with Gasteiger partial charge in [-0.2, -0.15) is 0 Å². The van der Waals surface area contributed by atoms with Gasteiger partial charge in [-0.3, -0.25) is 9.59 Å². The Hall–Kier alpha value is -1.84. The zero-order valence-corrected chi connectivity index (χ0v) is 9.36. The van der Waals surface area contributed by atoms with Gasteiger partial charge in [-0.15, -0.1) is 0 Å². The van der Waals surface area contributed by atoms with Gasteiger partial charge in [0.15, 0.2) is 12.6 Å². The number of methoxy groups -OCH3 is 1. The van der Waals surface area contributed by atoms with Crippen molar-refractivity contribution in [3.8, 4) is 11.5 Å². The van der Waals surface area contributed by atoms with Crippen molar-refractivity contribution in [2.24, 2.45) is 0 Å². The van der Waals surface area contributed by atoms with Crippen molar-refractivity contribution in [1.82, 2.24) is 0 Å². The zero-order chi connectivity index (χ0) is 12.0. The first-order chi connectivity index (χ1) is 7.76. The van der Waals surface area contributed by atoms with Gasteiger partial charge >= 0.3 is 0 Å². The molecular weight excluding hydrogens is 208 g/mol. The van der Waals surface area contributed by atoms with E-state index in [1.807, 2.05) is 6.92 Å². The van der Waals surface area contributed by atoms with Gasteiger partial charge in [-0.05, 0) is 18.6 Å². The lowest BCUT2D eigenvalue weighted by Gasteiger charge is -2.10. The maximum absolute atomic E-state index is 10.8. The maximum Gasteiger partial charge on any atom is 0.153 e. The van der Waals surface area contributed by atoms with Crippen molar-refractivity contribution in [2.45, 2.75) is 13.3 Å². The second-order valence-electron chi connectivity index (χ2n) is 3.22. The highest BCUT2D eigenvalue weighted by Crippen LogP contribution is 2.26. The normalized spacial score (nSPS) is 9.62. The summed E-state index contributed by atoms with van der Waals surface area (Å²) in [4.78, 5) is 21.6. The molecule has 0 spiro atoms. The van der Waals surface area contributed by atoms with Crippen LogP contribution >= 0.6 is 0 Å². The van der Waals surface area contributed by atoms with E-state index in [1.54, 1.807) is 0 Å². The molecule has 0 aliphatic carbocycles. The van der Waals surface area contributed by atoms with Gasteiger partial charge < -0.3 is 9.47 Å². The summed E-state index contributed by atoms with van der Waals surface area (Å²) in [5.41, 5.74) is 0.759. The summed E-state index contributed by atoms with van der Waals surface area (Å²) in [6.45, 7) is 2.47. The molecular formula is C12H14O4. The summed E-state index contributed by atoms with van der Waals surface area (Å²) < 4.78 is 10.4. The van der Waals surface area contributed by atoms with E-state index in [9.17, 15) is 9.59 Å². The molecule has 1 rings (SSSR count). The number of hydrogen-bond donors (Lipinski definition) is 0. The molecule has 0 saturated carbocycles. The Kier molecular flexibility index (Phi) is 4.51. The van der Waals surface area contributed by atoms with Gasteiger partial charge in [-0.25, -0.2) is 0 Å². The van der Waals surface area contributed by atoms with E-state index in [0.717, 1.165) is 6.42 Å². The van der Waals surface area contributed by atoms with E-state index in [4.69, 9.17) is 9.47 Å². The fraction of sp³-hybridized carbons (Fsp3) is 0.333. The van der Waals surface area contributed by atoms with Crippen LogP contribution < -0.4 is 9.47 Å². The molecule has 0 radical (unpaired) electrons. The molecule has 0 unspecified atom stereocenters. The van der Waals surface area contributed by atoms with Crippen LogP contribution in [-0.4, -0.2) is 26.3 Å². The number of aldehydes is 2. The zero-order valence-electron chi connectivity index (χ0n) is 9.36. The summed E-state index contributed by atoms with van der Waals surface area (Å²) in [6, 6.07) is 3.02. The van der Waals surface area contributed by atoms with Gasteiger partial charge in [0.05, 0.1) is 24.8 Å². The lowest BCUT2D eigenvalue weighted by molar-refractivity contribution is 0.110. The predicted octanol–water partition coefficient (Wildman–Crippen LogP) is 2.11. The van der Waals surface area contributed by atoms with E-state index in [2.05, 4.69) is 0 Å². The van der Waals surface area contributed by atoms with Crippen LogP contribution in [-0.2, 0) is 0 Å². The molecule has 0 amide bonds. The Balaban J connectivity index is 3.14. The Morgan fingerprint density at radius 3 is 2.19 bits per heavy atom. The predicted molar refractivity (Wildman–Crippen MR) is 59.6 cm³/mol. The fourth-order valence-corrected chi connectivity index (χ4v) is 1.29. The molecule has 0 aromatic heterocycles. The molecule has 86 valence electrons. The van der Waals surface area contributed by atoms with E-state index in [1.165, 1.54) is 19.2 Å². The molecule has 0 bridgehead atoms. The monoisotopic (exact) mass is 222 g/mol. The van der Waals surface area contributed by atoms with Crippen LogP contribution in [0.15, 0.2) is 12.1 Å². The number of carbonyl (C=O) groups excluding carboxylic acids is 2. The first-order valence-electron chi connectivity index (χ1n) is 5.02. The molecule has 1 aromatic rings. The van der Waals surface area contributed by atoms with Crippen molar-refractivity contribution in [1.29, 1.82) is 0 Å². The summed E-state index contributed by atoms with van der Waals surface area (Å²) in [5, 5.41) is 0. The molecule has 16 heavy (non-hydrogen) atoms. The SMILES string of the molecule is CCCOc1cc(C=O)c(OC)cc1C=O. The number of carbonyl (C=O) groups is 2. The van der Waals surface area contributed by atoms with Gasteiger partial charge in [0.1, 0.15) is 11.5 Å². The fourth-order valence-electron chi connectivity index (χ4n) is 1.29. The minimum Gasteiger partial charge on any atom is -0.496 e. The van der Waals surface area contributed by atoms with Gasteiger partial charge in [0.2, 0.25) is 0 Å². The van der Waals surface area contributed by atoms with Gasteiger partial charge in [-0.1, -0.05) is 6.92 Å². The van der Waals surface area contributed by atoms with Crippen molar-refractivity contribution >= 4 is 12.6 Å². The third-order valence-electron chi connectivity index (χ3n) is 2.08. The van der Waals surface area contributed by atoms with Crippen LogP contribution in [0.4, 0.5) is 0 Å². The first-order valence-corrected chi connectivity index (χ1v) is 5.02. The van der Waals surface area contributed by atoms with Crippen LogP contribution in [0, 0.1) is 0 Å². The third kappa shape index (κ3) is 2.59. The highest BCUT2D eigenvalue weighted by atomic mass is 16.5. The summed E-state index contributed by atoms with van der Waals surface area (Å²) >= 11 is 0. The van der Waals surface area contributed by atoms with Gasteiger partial charge in [0.25, 0.3) is 0 Å². The van der Waals surface area contributed by atoms with Crippen molar-refractivity contribution in [3.05, 3.63) is 23.3 Å². The largest absolute Gasteiger partial charge is 0.496 e. The Labute approximate surface area is 94.2 Å². The molecule has 0 aliphatic rings. The standard InChI is InChI=1S/C12H14O4/c1-3-4-16-12-6-9(7-13)11(15-2)5-10(12)8-14/h5-8H,3-4H2,1-2H3. The minimum atomic E-state index is 0.374. The number of benzene rings is 1. The van der Waals surface area contributed by atoms with Crippen molar-refractivity contribution in [3.63, 3.8) is 0 Å². The maximum atomic E-state index is 10.8. The molecule has 4 nitrogen and oxygen atoms in total. The molecule has 0 saturated heterocycles. The quantitative estimate of drug-likeness (QED) is 0.692. The molecule has 0 aliphatic heterocycles. The van der Waals surface area contributed by atoms with E-state index >= 15 is 0 Å². The van der Waals surface area contributed by atoms with Crippen LogP contribution in [0.5, 0.6) is 11.5 Å². The summed E-state index contributed by atoms with van der Waals surface area (Å²) in [7, 11) is 1.45. The summed E-state index contributed by atoms with van der Waals surface area (Å²) in [6.07, 6.45) is 2.19. The molecule has 0 atom stereocenters. The Morgan fingerprint density at radius 2 is 1.69 bits per heavy atom. The van der Waals surface area contributed by atoms with Crippen molar-refractivity contribution in [2.75, 3.05) is 13.7 Å². The highest BCUT2D eigenvalue weighted by molar-refractivity contribution is 5.87. The first kappa shape index (κ1) is 12.2. The lowest BCUT2D eigenvalue weighted by atomic mass is 10.1. The van der Waals surface area contributed by atoms with Gasteiger partial charge in [0, 0.05) is 0 Å². The van der Waals surface area contributed by atoms with Crippen LogP contribution in [0.3, 0.4) is 0 Å². The molecule has 0 N–H and O–H groups in total. The second-order valence-corrected chi connectivity index (χ2v) is 3.22. The smallest absolute Gasteiger partial charge is 0.153 e. The lowest BCUT2D eigenvalue weighted by Crippen LogP contribution is -2.01. The van der Waals surface area contributed by atoms with E-state index < -0.39 is 0 Å². The number of rotatable bonds is 6. The average Bonchev–Trinajstić information content (AvgIpc) is 2.35. The van der Waals surface area contributed by atoms with Crippen LogP contribution in [0.25, 0.3) is 0 Å². The number of ether oxygens (including phenoxy) is 2. The summed E-state index contributed by atoms with van der Waals surface area (Å²) in [5.74, 6) is 0.792. The Bertz CT molecular complexity index is 385. The molecule has 0 heterocycles. The van der Waals surface area contributed by atoms with Crippen molar-refractivity contribution < 1.29 is 19.1 Å². The highest BCUT2D eigenvalue weighted by Gasteiger charge is 2.10. The third-order valence-corrected chi connectivity index (χ3v) is 2.08. The molecule has 4 heteroatoms.